The van der Waals surface area contributed by atoms with E-state index in [0.29, 0.717) is 6.07 Å². The quantitative estimate of drug-likeness (QED) is 0.664. The number of benzene rings is 1. The van der Waals surface area contributed by atoms with Gasteiger partial charge in [0.1, 0.15) is 5.75 Å². The molecule has 0 aliphatic heterocycles. The van der Waals surface area contributed by atoms with E-state index in [2.05, 4.69) is 0 Å². The van der Waals surface area contributed by atoms with Gasteiger partial charge in [-0.1, -0.05) is 13.8 Å². The van der Waals surface area contributed by atoms with Crippen LogP contribution in [0.4, 0.5) is 35.1 Å². The molecule has 0 fully saturated rings. The Morgan fingerprint density at radius 3 is 1.75 bits per heavy atom. The predicted octanol–water partition coefficient (Wildman–Crippen LogP) is 5.29. The molecule has 0 N–H and O–H groups in total. The standard InChI is InChI=1S/C15H14F8O/c1-4-7-6-9-10(8(5-2)11(7)24-3)13(18,19)15(22,23)14(20,21)12(9,16)17/h6H,4-5H2,1-3H3. The number of hydrogen-bond acceptors (Lipinski definition) is 1. The summed E-state index contributed by atoms with van der Waals surface area (Å²) in [4.78, 5) is 0. The first kappa shape index (κ1) is 18.8. The summed E-state index contributed by atoms with van der Waals surface area (Å²) >= 11 is 0. The number of alkyl halides is 8. The first-order valence-corrected chi connectivity index (χ1v) is 7.07. The minimum Gasteiger partial charge on any atom is -0.496 e. The fourth-order valence-corrected chi connectivity index (χ4v) is 2.96. The highest BCUT2D eigenvalue weighted by Gasteiger charge is 2.85. The zero-order chi connectivity index (χ0) is 18.7. The molecule has 0 spiro atoms. The molecule has 2 rings (SSSR count). The van der Waals surface area contributed by atoms with E-state index in [1.807, 2.05) is 0 Å². The molecule has 1 aromatic rings. The predicted molar refractivity (Wildman–Crippen MR) is 69.4 cm³/mol. The van der Waals surface area contributed by atoms with Gasteiger partial charge in [-0.15, -0.1) is 0 Å². The molecule has 0 amide bonds. The van der Waals surface area contributed by atoms with Gasteiger partial charge >= 0.3 is 23.7 Å². The number of rotatable bonds is 3. The Morgan fingerprint density at radius 2 is 1.33 bits per heavy atom. The van der Waals surface area contributed by atoms with Gasteiger partial charge in [-0.3, -0.25) is 0 Å². The summed E-state index contributed by atoms with van der Waals surface area (Å²) in [5.41, 5.74) is -4.21. The van der Waals surface area contributed by atoms with Crippen LogP contribution in [0.1, 0.15) is 36.1 Å². The third-order valence-electron chi connectivity index (χ3n) is 4.23. The lowest BCUT2D eigenvalue weighted by Gasteiger charge is -2.44. The molecule has 0 aromatic heterocycles. The Hall–Kier alpha value is -1.54. The summed E-state index contributed by atoms with van der Waals surface area (Å²) in [5.74, 6) is -23.7. The number of methoxy groups -OCH3 is 1. The van der Waals surface area contributed by atoms with E-state index < -0.39 is 40.4 Å². The van der Waals surface area contributed by atoms with Crippen LogP contribution in [0, 0.1) is 0 Å². The van der Waals surface area contributed by atoms with E-state index in [9.17, 15) is 35.1 Å². The van der Waals surface area contributed by atoms with E-state index in [1.54, 1.807) is 0 Å². The van der Waals surface area contributed by atoms with Crippen molar-refractivity contribution in [2.24, 2.45) is 0 Å². The summed E-state index contributed by atoms with van der Waals surface area (Å²) in [5, 5.41) is 0. The topological polar surface area (TPSA) is 9.23 Å². The molecule has 1 nitrogen and oxygen atoms in total. The first-order chi connectivity index (χ1) is 10.8. The molecule has 0 saturated carbocycles. The summed E-state index contributed by atoms with van der Waals surface area (Å²) in [6, 6.07) is 0.407. The number of fused-ring (bicyclic) bond motifs is 1. The van der Waals surface area contributed by atoms with Crippen LogP contribution in [0.5, 0.6) is 5.75 Å². The number of halogens is 8. The first-order valence-electron chi connectivity index (χ1n) is 7.07. The Kier molecular flexibility index (Phi) is 4.09. The lowest BCUT2D eigenvalue weighted by Crippen LogP contribution is -2.64. The highest BCUT2D eigenvalue weighted by atomic mass is 19.4. The zero-order valence-corrected chi connectivity index (χ0v) is 12.9. The summed E-state index contributed by atoms with van der Waals surface area (Å²) in [6.07, 6.45) is -0.361. The van der Waals surface area contributed by atoms with Gasteiger partial charge in [0, 0.05) is 16.7 Å². The number of hydrogen-bond donors (Lipinski definition) is 0. The Bertz CT molecular complexity index is 666. The van der Waals surface area contributed by atoms with Gasteiger partial charge in [-0.25, -0.2) is 0 Å². The van der Waals surface area contributed by atoms with E-state index in [0.717, 1.165) is 7.11 Å². The second-order valence-electron chi connectivity index (χ2n) is 5.47. The van der Waals surface area contributed by atoms with Crippen molar-refractivity contribution in [1.82, 2.24) is 0 Å². The molecule has 0 atom stereocenters. The van der Waals surface area contributed by atoms with Crippen LogP contribution in [0.3, 0.4) is 0 Å². The van der Waals surface area contributed by atoms with Crippen molar-refractivity contribution in [2.75, 3.05) is 7.11 Å². The van der Waals surface area contributed by atoms with Crippen LogP contribution in [0.2, 0.25) is 0 Å². The Balaban J connectivity index is 3.05. The molecular weight excluding hydrogens is 348 g/mol. The summed E-state index contributed by atoms with van der Waals surface area (Å²) in [7, 11) is 1.06. The lowest BCUT2D eigenvalue weighted by molar-refractivity contribution is -0.386. The second kappa shape index (κ2) is 5.23. The minimum absolute atomic E-state index is 0.00701. The van der Waals surface area contributed by atoms with Crippen LogP contribution in [0.25, 0.3) is 0 Å². The average molecular weight is 362 g/mol. The van der Waals surface area contributed by atoms with Crippen molar-refractivity contribution in [2.45, 2.75) is 50.4 Å². The van der Waals surface area contributed by atoms with Crippen molar-refractivity contribution < 1.29 is 39.9 Å². The van der Waals surface area contributed by atoms with Gasteiger partial charge in [0.15, 0.2) is 0 Å². The Labute approximate surface area is 132 Å². The van der Waals surface area contributed by atoms with Crippen molar-refractivity contribution in [3.8, 4) is 5.75 Å². The fourth-order valence-electron chi connectivity index (χ4n) is 2.96. The lowest BCUT2D eigenvalue weighted by atomic mass is 9.76. The Morgan fingerprint density at radius 1 is 0.833 bits per heavy atom. The molecular formula is C15H14F8O. The molecule has 0 radical (unpaired) electrons. The third kappa shape index (κ3) is 1.92. The molecule has 0 bridgehead atoms. The van der Waals surface area contributed by atoms with Gasteiger partial charge in [0.25, 0.3) is 0 Å². The molecule has 0 unspecified atom stereocenters. The number of ether oxygens (including phenoxy) is 1. The average Bonchev–Trinajstić information content (AvgIpc) is 2.50. The monoisotopic (exact) mass is 362 g/mol. The van der Waals surface area contributed by atoms with Gasteiger partial charge in [-0.2, -0.15) is 35.1 Å². The maximum Gasteiger partial charge on any atom is 0.382 e. The molecule has 1 aromatic carbocycles. The van der Waals surface area contributed by atoms with Crippen LogP contribution < -0.4 is 4.74 Å². The van der Waals surface area contributed by atoms with Crippen LogP contribution in [-0.4, -0.2) is 19.0 Å². The van der Waals surface area contributed by atoms with E-state index >= 15 is 0 Å². The summed E-state index contributed by atoms with van der Waals surface area (Å²) in [6.45, 7) is 2.73. The fraction of sp³-hybridized carbons (Fsp3) is 0.600. The molecule has 1 aliphatic rings. The maximum absolute atomic E-state index is 14.2. The van der Waals surface area contributed by atoms with Crippen LogP contribution in [-0.2, 0) is 24.7 Å². The summed E-state index contributed by atoms with van der Waals surface area (Å²) < 4.78 is 116. The molecule has 1 aliphatic carbocycles. The molecule has 0 heterocycles. The normalized spacial score (nSPS) is 22.8. The van der Waals surface area contributed by atoms with E-state index in [-0.39, 0.29) is 24.2 Å². The third-order valence-corrected chi connectivity index (χ3v) is 4.23. The largest absolute Gasteiger partial charge is 0.496 e. The highest BCUT2D eigenvalue weighted by molar-refractivity contribution is 5.57. The van der Waals surface area contributed by atoms with Crippen molar-refractivity contribution in [3.05, 3.63) is 28.3 Å². The molecule has 136 valence electrons. The van der Waals surface area contributed by atoms with Gasteiger partial charge < -0.3 is 4.74 Å². The zero-order valence-electron chi connectivity index (χ0n) is 12.9. The van der Waals surface area contributed by atoms with Crippen LogP contribution >= 0.6 is 0 Å². The number of aryl methyl sites for hydroxylation is 1. The van der Waals surface area contributed by atoms with Crippen LogP contribution in [0.15, 0.2) is 6.07 Å². The van der Waals surface area contributed by atoms with E-state index in [4.69, 9.17) is 4.74 Å². The van der Waals surface area contributed by atoms with Crippen molar-refractivity contribution >= 4 is 0 Å². The molecule has 0 saturated heterocycles. The van der Waals surface area contributed by atoms with Crippen molar-refractivity contribution in [3.63, 3.8) is 0 Å². The SMILES string of the molecule is CCc1cc2c(c(CC)c1OC)C(F)(F)C(F)(F)C(F)(F)C2(F)F. The highest BCUT2D eigenvalue weighted by Crippen LogP contribution is 2.66. The van der Waals surface area contributed by atoms with Gasteiger partial charge in [0.05, 0.1) is 7.11 Å². The van der Waals surface area contributed by atoms with Gasteiger partial charge in [-0.05, 0) is 24.5 Å². The second-order valence-corrected chi connectivity index (χ2v) is 5.47. The van der Waals surface area contributed by atoms with Crippen molar-refractivity contribution in [1.29, 1.82) is 0 Å². The molecule has 9 heteroatoms. The minimum atomic E-state index is -6.25. The smallest absolute Gasteiger partial charge is 0.382 e. The van der Waals surface area contributed by atoms with E-state index in [1.165, 1.54) is 13.8 Å². The molecule has 24 heavy (non-hydrogen) atoms. The maximum atomic E-state index is 14.2. The van der Waals surface area contributed by atoms with Gasteiger partial charge in [0.2, 0.25) is 0 Å².